The van der Waals surface area contributed by atoms with Gasteiger partial charge in [0, 0.05) is 0 Å². The number of aliphatic hydroxyl groups is 1. The monoisotopic (exact) mass is 285 g/mol. The molecule has 1 aromatic carbocycles. The molecule has 0 saturated carbocycles. The van der Waals surface area contributed by atoms with Crippen LogP contribution in [0, 0.1) is 13.8 Å². The lowest BCUT2D eigenvalue weighted by Gasteiger charge is -2.13. The molecule has 2 rings (SSSR count). The molecule has 0 aliphatic carbocycles. The zero-order valence-corrected chi connectivity index (χ0v) is 11.0. The Balaban J connectivity index is 2.13. The maximum atomic E-state index is 12.4. The molecule has 0 bridgehead atoms. The van der Waals surface area contributed by atoms with Gasteiger partial charge in [-0.2, -0.15) is 18.3 Å². The van der Waals surface area contributed by atoms with E-state index in [-0.39, 0.29) is 6.54 Å². The maximum Gasteiger partial charge on any atom is 0.416 e. The van der Waals surface area contributed by atoms with Crippen LogP contribution in [0.15, 0.2) is 24.3 Å². The quantitative estimate of drug-likeness (QED) is 0.943. The van der Waals surface area contributed by atoms with E-state index in [9.17, 15) is 18.3 Å². The van der Waals surface area contributed by atoms with Gasteiger partial charge in [-0.15, -0.1) is 0 Å². The van der Waals surface area contributed by atoms with Crippen LogP contribution < -0.4 is 0 Å². The van der Waals surface area contributed by atoms with Crippen molar-refractivity contribution in [2.24, 2.45) is 0 Å². The Labute approximate surface area is 113 Å². The number of hydrogen-bond acceptors (Lipinski definition) is 3. The molecular formula is C13H14F3N3O. The number of nitrogens with zero attached hydrogens (tertiary/aromatic N) is 3. The van der Waals surface area contributed by atoms with Gasteiger partial charge >= 0.3 is 6.18 Å². The summed E-state index contributed by atoms with van der Waals surface area (Å²) in [6.07, 6.45) is -5.31. The van der Waals surface area contributed by atoms with Crippen molar-refractivity contribution >= 4 is 0 Å². The van der Waals surface area contributed by atoms with E-state index in [0.29, 0.717) is 17.2 Å². The minimum Gasteiger partial charge on any atom is -0.386 e. The highest BCUT2D eigenvalue weighted by Crippen LogP contribution is 2.30. The van der Waals surface area contributed by atoms with Gasteiger partial charge in [0.25, 0.3) is 0 Å². The third kappa shape index (κ3) is 3.16. The van der Waals surface area contributed by atoms with Crippen molar-refractivity contribution in [1.29, 1.82) is 0 Å². The first kappa shape index (κ1) is 14.5. The number of rotatable bonds is 3. The van der Waals surface area contributed by atoms with E-state index in [1.165, 1.54) is 16.8 Å². The van der Waals surface area contributed by atoms with E-state index in [1.54, 1.807) is 13.8 Å². The first-order valence-electron chi connectivity index (χ1n) is 6.00. The number of aromatic nitrogens is 3. The number of hydrogen-bond donors (Lipinski definition) is 1. The molecule has 0 aliphatic heterocycles. The Bertz CT molecular complexity index is 590. The van der Waals surface area contributed by atoms with Crippen molar-refractivity contribution in [2.75, 3.05) is 0 Å². The minimum absolute atomic E-state index is 0.151. The van der Waals surface area contributed by atoms with Crippen LogP contribution in [-0.4, -0.2) is 19.9 Å². The van der Waals surface area contributed by atoms with Crippen molar-refractivity contribution in [3.8, 4) is 0 Å². The van der Waals surface area contributed by atoms with Crippen LogP contribution in [0.4, 0.5) is 13.2 Å². The molecule has 0 spiro atoms. The van der Waals surface area contributed by atoms with Crippen LogP contribution in [0.5, 0.6) is 0 Å². The number of aryl methyl sites for hydroxylation is 2. The van der Waals surface area contributed by atoms with Crippen molar-refractivity contribution in [3.05, 3.63) is 47.0 Å². The van der Waals surface area contributed by atoms with E-state index < -0.39 is 17.8 Å². The summed E-state index contributed by atoms with van der Waals surface area (Å²) in [4.78, 5) is 4.10. The highest BCUT2D eigenvalue weighted by Gasteiger charge is 2.30. The topological polar surface area (TPSA) is 50.9 Å². The van der Waals surface area contributed by atoms with Gasteiger partial charge in [0.1, 0.15) is 11.6 Å². The number of halogens is 3. The van der Waals surface area contributed by atoms with Gasteiger partial charge in [-0.25, -0.2) is 9.67 Å². The molecule has 0 radical (unpaired) electrons. The molecule has 0 amide bonds. The smallest absolute Gasteiger partial charge is 0.386 e. The summed E-state index contributed by atoms with van der Waals surface area (Å²) >= 11 is 0. The highest BCUT2D eigenvalue weighted by atomic mass is 19.4. The fourth-order valence-electron chi connectivity index (χ4n) is 1.90. The Morgan fingerprint density at radius 3 is 2.25 bits per heavy atom. The highest BCUT2D eigenvalue weighted by molar-refractivity contribution is 5.26. The molecule has 2 aromatic rings. The third-order valence-corrected chi connectivity index (χ3v) is 2.93. The maximum absolute atomic E-state index is 12.4. The average Bonchev–Trinajstić information content (AvgIpc) is 2.67. The Kier molecular flexibility index (Phi) is 3.80. The minimum atomic E-state index is -4.37. The second-order valence-corrected chi connectivity index (χ2v) is 4.52. The largest absolute Gasteiger partial charge is 0.416 e. The van der Waals surface area contributed by atoms with Gasteiger partial charge in [-0.3, -0.25) is 0 Å². The predicted octanol–water partition coefficient (Wildman–Crippen LogP) is 2.65. The van der Waals surface area contributed by atoms with E-state index >= 15 is 0 Å². The standard InChI is InChI=1S/C13H14F3N3O/c1-8-17-9(2)19(18-8)7-12(20)10-3-5-11(6-4-10)13(14,15)16/h3-6,12,20H,7H2,1-2H3. The molecule has 1 unspecified atom stereocenters. The zero-order chi connectivity index (χ0) is 14.9. The molecule has 0 saturated heterocycles. The molecule has 1 atom stereocenters. The van der Waals surface area contributed by atoms with Gasteiger partial charge in [0.2, 0.25) is 0 Å². The second kappa shape index (κ2) is 5.24. The summed E-state index contributed by atoms with van der Waals surface area (Å²) in [5, 5.41) is 14.1. The van der Waals surface area contributed by atoms with Crippen LogP contribution in [0.25, 0.3) is 0 Å². The van der Waals surface area contributed by atoms with Gasteiger partial charge in [0.15, 0.2) is 0 Å². The number of aliphatic hydroxyl groups excluding tert-OH is 1. The van der Waals surface area contributed by atoms with E-state index in [2.05, 4.69) is 10.1 Å². The summed E-state index contributed by atoms with van der Waals surface area (Å²) in [5.74, 6) is 1.23. The van der Waals surface area contributed by atoms with E-state index in [1.807, 2.05) is 0 Å². The van der Waals surface area contributed by atoms with Crippen molar-refractivity contribution in [3.63, 3.8) is 0 Å². The van der Waals surface area contributed by atoms with Crippen LogP contribution >= 0.6 is 0 Å². The van der Waals surface area contributed by atoms with Gasteiger partial charge < -0.3 is 5.11 Å². The first-order valence-corrected chi connectivity index (χ1v) is 6.00. The molecule has 7 heteroatoms. The SMILES string of the molecule is Cc1nc(C)n(CC(O)c2ccc(C(F)(F)F)cc2)n1. The molecule has 0 aliphatic rings. The molecule has 20 heavy (non-hydrogen) atoms. The average molecular weight is 285 g/mol. The Morgan fingerprint density at radius 2 is 1.80 bits per heavy atom. The summed E-state index contributed by atoms with van der Waals surface area (Å²) in [5.41, 5.74) is -0.327. The molecule has 108 valence electrons. The number of benzene rings is 1. The first-order chi connectivity index (χ1) is 9.27. The van der Waals surface area contributed by atoms with E-state index in [4.69, 9.17) is 0 Å². The van der Waals surface area contributed by atoms with Crippen LogP contribution in [0.3, 0.4) is 0 Å². The summed E-state index contributed by atoms with van der Waals surface area (Å²) in [6.45, 7) is 3.63. The molecule has 1 heterocycles. The normalized spacial score (nSPS) is 13.5. The Morgan fingerprint density at radius 1 is 1.20 bits per heavy atom. The predicted molar refractivity (Wildman–Crippen MR) is 65.9 cm³/mol. The van der Waals surface area contributed by atoms with Gasteiger partial charge in [-0.05, 0) is 31.5 Å². The van der Waals surface area contributed by atoms with Crippen molar-refractivity contribution in [1.82, 2.24) is 14.8 Å². The zero-order valence-electron chi connectivity index (χ0n) is 11.0. The summed E-state index contributed by atoms with van der Waals surface area (Å²) in [6, 6.07) is 4.45. The molecule has 1 aromatic heterocycles. The van der Waals surface area contributed by atoms with Gasteiger partial charge in [0.05, 0.1) is 18.2 Å². The molecule has 4 nitrogen and oxygen atoms in total. The lowest BCUT2D eigenvalue weighted by molar-refractivity contribution is -0.137. The third-order valence-electron chi connectivity index (χ3n) is 2.93. The molecule has 1 N–H and O–H groups in total. The fraction of sp³-hybridized carbons (Fsp3) is 0.385. The number of alkyl halides is 3. The summed E-state index contributed by atoms with van der Waals surface area (Å²) in [7, 11) is 0. The molecular weight excluding hydrogens is 271 g/mol. The fourth-order valence-corrected chi connectivity index (χ4v) is 1.90. The lowest BCUT2D eigenvalue weighted by atomic mass is 10.1. The lowest BCUT2D eigenvalue weighted by Crippen LogP contribution is -2.12. The van der Waals surface area contributed by atoms with Crippen LogP contribution in [0.2, 0.25) is 0 Å². The van der Waals surface area contributed by atoms with Crippen molar-refractivity contribution in [2.45, 2.75) is 32.7 Å². The van der Waals surface area contributed by atoms with Gasteiger partial charge in [-0.1, -0.05) is 12.1 Å². The second-order valence-electron chi connectivity index (χ2n) is 4.52. The van der Waals surface area contributed by atoms with E-state index in [0.717, 1.165) is 12.1 Å². The van der Waals surface area contributed by atoms with Crippen LogP contribution in [0.1, 0.15) is 28.9 Å². The van der Waals surface area contributed by atoms with Crippen molar-refractivity contribution < 1.29 is 18.3 Å². The van der Waals surface area contributed by atoms with Crippen LogP contribution in [-0.2, 0) is 12.7 Å². The Hall–Kier alpha value is -1.89. The molecule has 0 fully saturated rings. The summed E-state index contributed by atoms with van der Waals surface area (Å²) < 4.78 is 38.8.